The predicted molar refractivity (Wildman–Crippen MR) is 95.0 cm³/mol. The number of amides is 3. The average Bonchev–Trinajstić information content (AvgIpc) is 2.97. The molecule has 2 aromatic rings. The third-order valence-electron chi connectivity index (χ3n) is 2.72. The third kappa shape index (κ3) is 5.93. The number of anilines is 1. The molecule has 2 rings (SSSR count). The first kappa shape index (κ1) is 17.2. The Morgan fingerprint density at radius 2 is 1.83 bits per heavy atom. The lowest BCUT2D eigenvalue weighted by Crippen LogP contribution is -2.49. The number of urea groups is 1. The highest BCUT2D eigenvalue weighted by molar-refractivity contribution is 7.80. The molecule has 0 bridgehead atoms. The number of benzene rings is 1. The van der Waals surface area contributed by atoms with Crippen LogP contribution in [0.3, 0.4) is 0 Å². The lowest BCUT2D eigenvalue weighted by molar-refractivity contribution is -0.115. The van der Waals surface area contributed by atoms with Crippen molar-refractivity contribution in [2.75, 3.05) is 5.32 Å². The van der Waals surface area contributed by atoms with Gasteiger partial charge in [0.2, 0.25) is 5.91 Å². The number of hydrazine groups is 1. The van der Waals surface area contributed by atoms with E-state index in [-0.39, 0.29) is 5.11 Å². The summed E-state index contributed by atoms with van der Waals surface area (Å²) in [6.45, 7) is 1.81. The van der Waals surface area contributed by atoms with E-state index < -0.39 is 11.9 Å². The summed E-state index contributed by atoms with van der Waals surface area (Å²) in [5, 5.41) is 4.94. The number of para-hydroxylation sites is 1. The van der Waals surface area contributed by atoms with Crippen LogP contribution in [0.1, 0.15) is 11.5 Å². The molecule has 0 atom stereocenters. The molecule has 1 aromatic heterocycles. The Bertz CT molecular complexity index is 756. The Kier molecular flexibility index (Phi) is 6.09. The second-order valence-electron chi connectivity index (χ2n) is 4.67. The van der Waals surface area contributed by atoms with E-state index in [0.29, 0.717) is 11.4 Å². The second-order valence-corrected chi connectivity index (χ2v) is 5.08. The summed E-state index contributed by atoms with van der Waals surface area (Å²) in [6, 6.07) is 11.9. The maximum atomic E-state index is 11.7. The molecule has 0 unspecified atom stereocenters. The molecule has 0 saturated carbocycles. The summed E-state index contributed by atoms with van der Waals surface area (Å²) in [7, 11) is 0. The van der Waals surface area contributed by atoms with Crippen LogP contribution < -0.4 is 21.5 Å². The fourth-order valence-electron chi connectivity index (χ4n) is 1.68. The number of furan rings is 1. The van der Waals surface area contributed by atoms with E-state index >= 15 is 0 Å². The molecule has 24 heavy (non-hydrogen) atoms. The van der Waals surface area contributed by atoms with E-state index in [1.165, 1.54) is 12.2 Å². The van der Waals surface area contributed by atoms with Gasteiger partial charge in [0.15, 0.2) is 5.11 Å². The van der Waals surface area contributed by atoms with E-state index in [4.69, 9.17) is 16.6 Å². The minimum absolute atomic E-state index is 0.0384. The molecule has 1 aromatic carbocycles. The van der Waals surface area contributed by atoms with Crippen molar-refractivity contribution in [2.24, 2.45) is 0 Å². The molecule has 124 valence electrons. The molecule has 0 aliphatic carbocycles. The predicted octanol–water partition coefficient (Wildman–Crippen LogP) is 2.33. The van der Waals surface area contributed by atoms with Crippen molar-refractivity contribution in [3.63, 3.8) is 0 Å². The maximum Gasteiger partial charge on any atom is 0.337 e. The van der Waals surface area contributed by atoms with E-state index in [9.17, 15) is 9.59 Å². The third-order valence-corrected chi connectivity index (χ3v) is 2.92. The fraction of sp³-hybridized carbons (Fsp3) is 0.0625. The molecule has 8 heteroatoms. The van der Waals surface area contributed by atoms with Crippen molar-refractivity contribution in [1.82, 2.24) is 16.2 Å². The molecule has 0 fully saturated rings. The zero-order valence-corrected chi connectivity index (χ0v) is 13.6. The van der Waals surface area contributed by atoms with Gasteiger partial charge in [0, 0.05) is 11.8 Å². The van der Waals surface area contributed by atoms with Gasteiger partial charge in [-0.2, -0.15) is 0 Å². The van der Waals surface area contributed by atoms with Gasteiger partial charge in [0.1, 0.15) is 11.5 Å². The zero-order chi connectivity index (χ0) is 17.4. The first-order chi connectivity index (χ1) is 11.5. The summed E-state index contributed by atoms with van der Waals surface area (Å²) in [5.74, 6) is 0.856. The van der Waals surface area contributed by atoms with Crippen molar-refractivity contribution in [3.8, 4) is 0 Å². The Balaban J connectivity index is 1.71. The Hall–Kier alpha value is -3.13. The minimum Gasteiger partial charge on any atom is -0.462 e. The van der Waals surface area contributed by atoms with Gasteiger partial charge in [-0.15, -0.1) is 0 Å². The molecular weight excluding hydrogens is 328 g/mol. The standard InChI is InChI=1S/C16H16N4O3S/c1-11-7-8-13(23-11)9-10-14(21)18-16(24)20-19-15(22)17-12-5-3-2-4-6-12/h2-10H,1H3,(H2,17,19,22)(H2,18,20,21,24)/b10-9+. The van der Waals surface area contributed by atoms with Crippen LogP contribution in [0.15, 0.2) is 53.0 Å². The quantitative estimate of drug-likeness (QED) is 0.389. The monoisotopic (exact) mass is 344 g/mol. The number of hydrogen-bond acceptors (Lipinski definition) is 4. The first-order valence-corrected chi connectivity index (χ1v) is 7.41. The molecule has 0 radical (unpaired) electrons. The summed E-state index contributed by atoms with van der Waals surface area (Å²) in [5.41, 5.74) is 5.36. The molecule has 0 saturated heterocycles. The van der Waals surface area contributed by atoms with Crippen molar-refractivity contribution < 1.29 is 14.0 Å². The van der Waals surface area contributed by atoms with Crippen LogP contribution in [0, 0.1) is 6.92 Å². The highest BCUT2D eigenvalue weighted by Gasteiger charge is 2.04. The highest BCUT2D eigenvalue weighted by atomic mass is 32.1. The smallest absolute Gasteiger partial charge is 0.337 e. The highest BCUT2D eigenvalue weighted by Crippen LogP contribution is 2.07. The van der Waals surface area contributed by atoms with E-state index in [1.54, 1.807) is 36.4 Å². The largest absolute Gasteiger partial charge is 0.462 e. The number of carbonyl (C=O) groups excluding carboxylic acids is 2. The van der Waals surface area contributed by atoms with Crippen molar-refractivity contribution in [1.29, 1.82) is 0 Å². The molecule has 0 aliphatic heterocycles. The van der Waals surface area contributed by atoms with Crippen LogP contribution in [-0.2, 0) is 4.79 Å². The molecule has 7 nitrogen and oxygen atoms in total. The number of carbonyl (C=O) groups is 2. The Labute approximate surface area is 144 Å². The Morgan fingerprint density at radius 1 is 1.08 bits per heavy atom. The average molecular weight is 344 g/mol. The number of nitrogens with one attached hydrogen (secondary N) is 4. The number of thiocarbonyl (C=S) groups is 1. The lowest BCUT2D eigenvalue weighted by atomic mass is 10.3. The first-order valence-electron chi connectivity index (χ1n) is 7.00. The topological polar surface area (TPSA) is 95.4 Å². The van der Waals surface area contributed by atoms with E-state index in [1.807, 2.05) is 13.0 Å². The summed E-state index contributed by atoms with van der Waals surface area (Å²) >= 11 is 4.91. The van der Waals surface area contributed by atoms with Crippen molar-refractivity contribution in [2.45, 2.75) is 6.92 Å². The maximum absolute atomic E-state index is 11.7. The van der Waals surface area contributed by atoms with Gasteiger partial charge in [0.05, 0.1) is 0 Å². The summed E-state index contributed by atoms with van der Waals surface area (Å²) in [6.07, 6.45) is 2.79. The molecule has 0 spiro atoms. The molecular formula is C16H16N4O3S. The van der Waals surface area contributed by atoms with Gasteiger partial charge >= 0.3 is 6.03 Å². The van der Waals surface area contributed by atoms with Crippen LogP contribution in [0.4, 0.5) is 10.5 Å². The number of hydrogen-bond donors (Lipinski definition) is 4. The number of aryl methyl sites for hydroxylation is 1. The van der Waals surface area contributed by atoms with Crippen LogP contribution >= 0.6 is 12.2 Å². The van der Waals surface area contributed by atoms with E-state index in [0.717, 1.165) is 5.76 Å². The molecule has 0 aliphatic rings. The zero-order valence-electron chi connectivity index (χ0n) is 12.8. The Morgan fingerprint density at radius 3 is 2.50 bits per heavy atom. The minimum atomic E-state index is -0.514. The molecule has 4 N–H and O–H groups in total. The van der Waals surface area contributed by atoms with E-state index in [2.05, 4.69) is 21.5 Å². The summed E-state index contributed by atoms with van der Waals surface area (Å²) < 4.78 is 5.29. The SMILES string of the molecule is Cc1ccc(/C=C/C(=O)NC(=S)NNC(=O)Nc2ccccc2)o1. The van der Waals surface area contributed by atoms with Crippen LogP contribution in [0.5, 0.6) is 0 Å². The second kappa shape index (κ2) is 8.49. The summed E-state index contributed by atoms with van der Waals surface area (Å²) in [4.78, 5) is 23.3. The fourth-order valence-corrected chi connectivity index (χ4v) is 1.83. The van der Waals surface area contributed by atoms with Gasteiger partial charge in [-0.3, -0.25) is 15.5 Å². The van der Waals surface area contributed by atoms with Gasteiger partial charge in [0.25, 0.3) is 0 Å². The van der Waals surface area contributed by atoms with Gasteiger partial charge in [-0.25, -0.2) is 10.2 Å². The van der Waals surface area contributed by atoms with Crippen molar-refractivity contribution in [3.05, 3.63) is 60.1 Å². The number of rotatable bonds is 3. The van der Waals surface area contributed by atoms with Crippen LogP contribution in [0.2, 0.25) is 0 Å². The van der Waals surface area contributed by atoms with Crippen LogP contribution in [0.25, 0.3) is 6.08 Å². The molecule has 3 amide bonds. The molecule has 1 heterocycles. The van der Waals surface area contributed by atoms with Crippen LogP contribution in [-0.4, -0.2) is 17.1 Å². The van der Waals surface area contributed by atoms with Gasteiger partial charge < -0.3 is 9.73 Å². The van der Waals surface area contributed by atoms with Crippen molar-refractivity contribution >= 4 is 41.0 Å². The van der Waals surface area contributed by atoms with Gasteiger partial charge in [-0.1, -0.05) is 18.2 Å². The van der Waals surface area contributed by atoms with Gasteiger partial charge in [-0.05, 0) is 49.5 Å². The lowest BCUT2D eigenvalue weighted by Gasteiger charge is -2.10. The normalized spacial score (nSPS) is 10.2.